The third-order valence-corrected chi connectivity index (χ3v) is 5.15. The molecule has 0 unspecified atom stereocenters. The Morgan fingerprint density at radius 2 is 1.48 bits per heavy atom. The quantitative estimate of drug-likeness (QED) is 0.444. The van der Waals surface area contributed by atoms with Crippen molar-refractivity contribution in [3.63, 3.8) is 0 Å². The fraction of sp³-hybridized carbons (Fsp3) is 1.00. The van der Waals surface area contributed by atoms with Gasteiger partial charge in [-0.25, -0.2) is 0 Å². The molecule has 0 radical (unpaired) electrons. The molecule has 0 saturated heterocycles. The van der Waals surface area contributed by atoms with Crippen LogP contribution in [0.1, 0.15) is 58.3 Å². The number of hydrogen-bond donors (Lipinski definition) is 0. The zero-order chi connectivity index (χ0) is 15.2. The van der Waals surface area contributed by atoms with Crippen molar-refractivity contribution in [3.05, 3.63) is 10.1 Å². The van der Waals surface area contributed by atoms with Crippen molar-refractivity contribution in [1.29, 1.82) is 0 Å². The lowest BCUT2D eigenvalue weighted by molar-refractivity contribution is -0.526. The Morgan fingerprint density at radius 3 is 1.90 bits per heavy atom. The maximum absolute atomic E-state index is 10.7. The van der Waals surface area contributed by atoms with E-state index in [0.717, 1.165) is 32.2 Å². The van der Waals surface area contributed by atoms with Gasteiger partial charge in [-0.1, -0.05) is 6.92 Å². The van der Waals surface area contributed by atoms with Crippen LogP contribution in [0.5, 0.6) is 0 Å². The van der Waals surface area contributed by atoms with E-state index in [9.17, 15) is 10.1 Å². The first-order valence-corrected chi connectivity index (χ1v) is 8.33. The van der Waals surface area contributed by atoms with Crippen molar-refractivity contribution >= 4 is 0 Å². The minimum atomic E-state index is -0.350. The molecule has 0 aromatic rings. The lowest BCUT2D eigenvalue weighted by Gasteiger charge is -2.32. The fourth-order valence-corrected chi connectivity index (χ4v) is 3.45. The molecule has 21 heavy (non-hydrogen) atoms. The van der Waals surface area contributed by atoms with Crippen LogP contribution in [0.2, 0.25) is 0 Å². The summed E-state index contributed by atoms with van der Waals surface area (Å²) >= 11 is 0. The largest absolute Gasteiger partial charge is 0.304 e. The summed E-state index contributed by atoms with van der Waals surface area (Å²) in [5.41, 5.74) is 0. The monoisotopic (exact) mass is 296 g/mol. The highest BCUT2D eigenvalue weighted by Gasteiger charge is 2.29. The maximum Gasteiger partial charge on any atom is 0.213 e. The van der Waals surface area contributed by atoms with Gasteiger partial charge in [0.2, 0.25) is 6.04 Å². The lowest BCUT2D eigenvalue weighted by atomic mass is 9.90. The average molecular weight is 296 g/mol. The second-order valence-corrected chi connectivity index (χ2v) is 6.51. The summed E-state index contributed by atoms with van der Waals surface area (Å²) in [6.45, 7) is 3.31. The minimum absolute atomic E-state index is 0.140. The van der Waals surface area contributed by atoms with Crippen molar-refractivity contribution in [2.45, 2.75) is 82.5 Å². The topological polar surface area (TPSA) is 71.1 Å². The molecule has 0 amide bonds. The van der Waals surface area contributed by atoms with E-state index in [4.69, 9.17) is 0 Å². The average Bonchev–Trinajstić information content (AvgIpc) is 2.53. The summed E-state index contributed by atoms with van der Waals surface area (Å²) in [6, 6.07) is 0.949. The Balaban J connectivity index is 1.70. The van der Waals surface area contributed by atoms with Crippen LogP contribution < -0.4 is 0 Å². The molecule has 2 aliphatic rings. The van der Waals surface area contributed by atoms with E-state index in [-0.39, 0.29) is 17.0 Å². The molecule has 0 N–H and O–H groups in total. The van der Waals surface area contributed by atoms with Gasteiger partial charge < -0.3 is 4.90 Å². The molecule has 0 atom stereocenters. The first-order valence-electron chi connectivity index (χ1n) is 8.33. The summed E-state index contributed by atoms with van der Waals surface area (Å²) < 4.78 is 0. The van der Waals surface area contributed by atoms with E-state index in [2.05, 4.69) is 29.1 Å². The molecule has 0 bridgehead atoms. The highest BCUT2D eigenvalue weighted by atomic mass is 16.6. The van der Waals surface area contributed by atoms with Crippen LogP contribution in [0, 0.1) is 10.1 Å². The van der Waals surface area contributed by atoms with E-state index < -0.39 is 0 Å². The number of azo groups is 1. The third-order valence-electron chi connectivity index (χ3n) is 5.15. The van der Waals surface area contributed by atoms with Gasteiger partial charge in [0.15, 0.2) is 0 Å². The van der Waals surface area contributed by atoms with Gasteiger partial charge in [0.05, 0.1) is 12.1 Å². The summed E-state index contributed by atoms with van der Waals surface area (Å²) in [4.78, 5) is 13.0. The normalized spacial score (nSPS) is 34.4. The first kappa shape index (κ1) is 16.3. The Labute approximate surface area is 127 Å². The highest BCUT2D eigenvalue weighted by Crippen LogP contribution is 2.27. The molecule has 2 fully saturated rings. The number of nitro groups is 1. The first-order chi connectivity index (χ1) is 10.1. The standard InChI is InChI=1S/C15H28N4O2/c1-3-18(2)14-8-4-12(5-9-14)16-17-13-6-10-15(11-7-13)19(20)21/h12-15H,3-11H2,1-2H3. The van der Waals surface area contributed by atoms with E-state index in [1.807, 2.05) is 0 Å². The number of hydrogen-bond acceptors (Lipinski definition) is 5. The second kappa shape index (κ2) is 7.82. The van der Waals surface area contributed by atoms with Crippen LogP contribution >= 0.6 is 0 Å². The predicted molar refractivity (Wildman–Crippen MR) is 82.2 cm³/mol. The number of nitrogens with zero attached hydrogens (tertiary/aromatic N) is 4. The van der Waals surface area contributed by atoms with Crippen LogP contribution in [-0.2, 0) is 0 Å². The maximum atomic E-state index is 10.7. The molecular weight excluding hydrogens is 268 g/mol. The van der Waals surface area contributed by atoms with Gasteiger partial charge >= 0.3 is 0 Å². The van der Waals surface area contributed by atoms with Gasteiger partial charge in [-0.3, -0.25) is 10.1 Å². The Bertz CT molecular complexity index is 359. The van der Waals surface area contributed by atoms with Gasteiger partial charge in [0, 0.05) is 23.8 Å². The molecule has 2 saturated carbocycles. The zero-order valence-corrected chi connectivity index (χ0v) is 13.3. The second-order valence-electron chi connectivity index (χ2n) is 6.51. The van der Waals surface area contributed by atoms with Crippen molar-refractivity contribution in [2.75, 3.05) is 13.6 Å². The molecule has 0 aliphatic heterocycles. The third kappa shape index (κ3) is 4.73. The molecule has 0 aromatic carbocycles. The molecule has 6 nitrogen and oxygen atoms in total. The van der Waals surface area contributed by atoms with Crippen molar-refractivity contribution in [3.8, 4) is 0 Å². The highest BCUT2D eigenvalue weighted by molar-refractivity contribution is 4.82. The Kier molecular flexibility index (Phi) is 6.08. The number of rotatable bonds is 5. The summed E-state index contributed by atoms with van der Waals surface area (Å²) in [6.07, 6.45) is 7.64. The molecule has 0 aromatic heterocycles. The lowest BCUT2D eigenvalue weighted by Crippen LogP contribution is -2.35. The summed E-state index contributed by atoms with van der Waals surface area (Å²) in [7, 11) is 2.19. The van der Waals surface area contributed by atoms with Crippen LogP contribution in [0.15, 0.2) is 10.2 Å². The summed E-state index contributed by atoms with van der Waals surface area (Å²) in [5.74, 6) is 0. The zero-order valence-electron chi connectivity index (χ0n) is 13.3. The molecule has 0 spiro atoms. The van der Waals surface area contributed by atoms with Gasteiger partial charge in [0.25, 0.3) is 0 Å². The Morgan fingerprint density at radius 1 is 1.00 bits per heavy atom. The van der Waals surface area contributed by atoms with Crippen molar-refractivity contribution in [1.82, 2.24) is 4.90 Å². The molecule has 2 aliphatic carbocycles. The van der Waals surface area contributed by atoms with Gasteiger partial charge in [-0.05, 0) is 52.1 Å². The van der Waals surface area contributed by atoms with Crippen molar-refractivity contribution < 1.29 is 4.92 Å². The van der Waals surface area contributed by atoms with Crippen LogP contribution in [0.25, 0.3) is 0 Å². The summed E-state index contributed by atoms with van der Waals surface area (Å²) in [5, 5.41) is 19.7. The van der Waals surface area contributed by atoms with E-state index >= 15 is 0 Å². The smallest absolute Gasteiger partial charge is 0.213 e. The van der Waals surface area contributed by atoms with Crippen molar-refractivity contribution in [2.24, 2.45) is 10.2 Å². The predicted octanol–water partition coefficient (Wildman–Crippen LogP) is 3.29. The molecular formula is C15H28N4O2. The molecule has 0 heterocycles. The molecule has 120 valence electrons. The minimum Gasteiger partial charge on any atom is -0.304 e. The molecule has 6 heteroatoms. The van der Waals surface area contributed by atoms with Crippen LogP contribution in [-0.4, -0.2) is 47.6 Å². The van der Waals surface area contributed by atoms with Crippen LogP contribution in [0.3, 0.4) is 0 Å². The SMILES string of the molecule is CCN(C)C1CCC(N=NC2CCC([N+](=O)[O-])CC2)CC1. The van der Waals surface area contributed by atoms with E-state index in [0.29, 0.717) is 24.9 Å². The van der Waals surface area contributed by atoms with E-state index in [1.54, 1.807) is 0 Å². The van der Waals surface area contributed by atoms with Crippen LogP contribution in [0.4, 0.5) is 0 Å². The van der Waals surface area contributed by atoms with Gasteiger partial charge in [-0.2, -0.15) is 10.2 Å². The van der Waals surface area contributed by atoms with Gasteiger partial charge in [0.1, 0.15) is 0 Å². The fourth-order valence-electron chi connectivity index (χ4n) is 3.45. The Hall–Kier alpha value is -1.04. The van der Waals surface area contributed by atoms with Gasteiger partial charge in [-0.15, -0.1) is 0 Å². The van der Waals surface area contributed by atoms with E-state index in [1.165, 1.54) is 12.8 Å². The molecule has 2 rings (SSSR count).